The maximum atomic E-state index is 12.4. The third kappa shape index (κ3) is 3.72. The van der Waals surface area contributed by atoms with Gasteiger partial charge in [0, 0.05) is 17.5 Å². The second-order valence-corrected chi connectivity index (χ2v) is 6.21. The van der Waals surface area contributed by atoms with Crippen molar-refractivity contribution in [3.8, 4) is 5.69 Å². The Hall–Kier alpha value is -3.21. The first-order valence-electron chi connectivity index (χ1n) is 8.38. The normalized spacial score (nSPS) is 11.8. The minimum absolute atomic E-state index is 0.220. The molecule has 2 aromatic carbocycles. The number of esters is 1. The minimum Gasteiger partial charge on any atom is -0.451 e. The number of aromatic nitrogens is 2. The molecule has 1 atom stereocenters. The zero-order valence-corrected chi connectivity index (χ0v) is 15.0. The standard InChI is InChI=1S/C21H20N2O3/c1-14-4-6-17(7-5-14)20(24)16(3)26-21(25)18-8-10-19(11-9-18)23-15(2)12-13-22-23/h4-13,16H,1-3H3/t16-/m1/s1. The lowest BCUT2D eigenvalue weighted by Gasteiger charge is -2.13. The molecule has 0 amide bonds. The molecular formula is C21H20N2O3. The van der Waals surface area contributed by atoms with Gasteiger partial charge in [-0.1, -0.05) is 29.8 Å². The van der Waals surface area contributed by atoms with Crippen LogP contribution >= 0.6 is 0 Å². The van der Waals surface area contributed by atoms with Crippen LogP contribution in [-0.4, -0.2) is 27.6 Å². The van der Waals surface area contributed by atoms with Gasteiger partial charge >= 0.3 is 5.97 Å². The van der Waals surface area contributed by atoms with E-state index in [0.29, 0.717) is 11.1 Å². The van der Waals surface area contributed by atoms with Crippen molar-refractivity contribution in [1.82, 2.24) is 9.78 Å². The monoisotopic (exact) mass is 348 g/mol. The van der Waals surface area contributed by atoms with Crippen LogP contribution in [-0.2, 0) is 4.74 Å². The molecule has 1 aromatic heterocycles. The van der Waals surface area contributed by atoms with E-state index < -0.39 is 12.1 Å². The highest BCUT2D eigenvalue weighted by atomic mass is 16.5. The highest BCUT2D eigenvalue weighted by Gasteiger charge is 2.20. The average molecular weight is 348 g/mol. The summed E-state index contributed by atoms with van der Waals surface area (Å²) in [5.41, 5.74) is 3.84. The van der Waals surface area contributed by atoms with Gasteiger partial charge in [0.05, 0.1) is 11.3 Å². The first-order valence-corrected chi connectivity index (χ1v) is 8.38. The molecule has 0 bridgehead atoms. The molecule has 0 aliphatic heterocycles. The van der Waals surface area contributed by atoms with Crippen LogP contribution in [0.1, 0.15) is 38.9 Å². The van der Waals surface area contributed by atoms with Crippen LogP contribution < -0.4 is 0 Å². The van der Waals surface area contributed by atoms with E-state index in [-0.39, 0.29) is 5.78 Å². The van der Waals surface area contributed by atoms with Crippen molar-refractivity contribution >= 4 is 11.8 Å². The fourth-order valence-electron chi connectivity index (χ4n) is 2.61. The Morgan fingerprint density at radius 2 is 1.54 bits per heavy atom. The van der Waals surface area contributed by atoms with Crippen LogP contribution in [0.4, 0.5) is 0 Å². The molecule has 0 aliphatic rings. The molecule has 0 saturated heterocycles. The van der Waals surface area contributed by atoms with Crippen LogP contribution in [0.25, 0.3) is 5.69 Å². The molecule has 0 radical (unpaired) electrons. The maximum Gasteiger partial charge on any atom is 0.338 e. The molecule has 0 aliphatic carbocycles. The molecule has 3 rings (SSSR count). The lowest BCUT2D eigenvalue weighted by molar-refractivity contribution is 0.0319. The van der Waals surface area contributed by atoms with Crippen LogP contribution in [0.3, 0.4) is 0 Å². The van der Waals surface area contributed by atoms with E-state index in [4.69, 9.17) is 4.74 Å². The number of ether oxygens (including phenoxy) is 1. The number of Topliss-reactive ketones (excluding diaryl/α,β-unsaturated/α-hetero) is 1. The van der Waals surface area contributed by atoms with Crippen molar-refractivity contribution in [2.45, 2.75) is 26.9 Å². The second-order valence-electron chi connectivity index (χ2n) is 6.21. The van der Waals surface area contributed by atoms with Gasteiger partial charge in [-0.05, 0) is 51.1 Å². The Balaban J connectivity index is 1.68. The molecule has 1 heterocycles. The van der Waals surface area contributed by atoms with Crippen molar-refractivity contribution in [2.75, 3.05) is 0 Å². The van der Waals surface area contributed by atoms with Crippen LogP contribution in [0.2, 0.25) is 0 Å². The molecule has 26 heavy (non-hydrogen) atoms. The summed E-state index contributed by atoms with van der Waals surface area (Å²) in [6.45, 7) is 5.49. The number of carbonyl (C=O) groups is 2. The van der Waals surface area contributed by atoms with Crippen molar-refractivity contribution in [2.24, 2.45) is 0 Å². The Bertz CT molecular complexity index is 925. The molecule has 5 nitrogen and oxygen atoms in total. The molecule has 0 saturated carbocycles. The number of hydrogen-bond acceptors (Lipinski definition) is 4. The Morgan fingerprint density at radius 1 is 0.923 bits per heavy atom. The fraction of sp³-hybridized carbons (Fsp3) is 0.190. The SMILES string of the molecule is Cc1ccc(C(=O)[C@@H](C)OC(=O)c2ccc(-n3nccc3C)cc2)cc1. The first kappa shape index (κ1) is 17.6. The van der Waals surface area contributed by atoms with E-state index >= 15 is 0 Å². The van der Waals surface area contributed by atoms with Crippen molar-refractivity contribution < 1.29 is 14.3 Å². The molecule has 5 heteroatoms. The number of nitrogens with zero attached hydrogens (tertiary/aromatic N) is 2. The van der Waals surface area contributed by atoms with Gasteiger partial charge in [0.25, 0.3) is 0 Å². The summed E-state index contributed by atoms with van der Waals surface area (Å²) in [5, 5.41) is 4.23. The van der Waals surface area contributed by atoms with Gasteiger partial charge in [0.1, 0.15) is 0 Å². The first-order chi connectivity index (χ1) is 12.5. The van der Waals surface area contributed by atoms with Gasteiger partial charge in [-0.25, -0.2) is 9.48 Å². The van der Waals surface area contributed by atoms with Gasteiger partial charge in [-0.15, -0.1) is 0 Å². The molecule has 3 aromatic rings. The van der Waals surface area contributed by atoms with E-state index in [1.165, 1.54) is 0 Å². The molecule has 0 unspecified atom stereocenters. The lowest BCUT2D eigenvalue weighted by atomic mass is 10.1. The molecule has 0 spiro atoms. The van der Waals surface area contributed by atoms with Crippen molar-refractivity contribution in [1.29, 1.82) is 0 Å². The minimum atomic E-state index is -0.849. The smallest absolute Gasteiger partial charge is 0.338 e. The van der Waals surface area contributed by atoms with Crippen molar-refractivity contribution in [3.63, 3.8) is 0 Å². The van der Waals surface area contributed by atoms with E-state index in [2.05, 4.69) is 5.10 Å². The van der Waals surface area contributed by atoms with Gasteiger partial charge in [-0.2, -0.15) is 5.10 Å². The van der Waals surface area contributed by atoms with E-state index in [0.717, 1.165) is 16.9 Å². The lowest BCUT2D eigenvalue weighted by Crippen LogP contribution is -2.24. The summed E-state index contributed by atoms with van der Waals surface area (Å²) >= 11 is 0. The Kier molecular flexibility index (Phi) is 4.98. The number of rotatable bonds is 5. The molecule has 0 N–H and O–H groups in total. The zero-order chi connectivity index (χ0) is 18.7. The third-order valence-electron chi connectivity index (χ3n) is 4.17. The largest absolute Gasteiger partial charge is 0.451 e. The molecular weight excluding hydrogens is 328 g/mol. The summed E-state index contributed by atoms with van der Waals surface area (Å²) in [6.07, 6.45) is 0.869. The molecule has 132 valence electrons. The van der Waals surface area contributed by atoms with Gasteiger partial charge in [-0.3, -0.25) is 4.79 Å². The second kappa shape index (κ2) is 7.35. The van der Waals surface area contributed by atoms with Crippen LogP contribution in [0.15, 0.2) is 60.8 Å². The maximum absolute atomic E-state index is 12.4. The number of ketones is 1. The Morgan fingerprint density at radius 3 is 2.12 bits per heavy atom. The highest BCUT2D eigenvalue weighted by molar-refractivity contribution is 6.01. The van der Waals surface area contributed by atoms with E-state index in [1.54, 1.807) is 54.2 Å². The molecule has 0 fully saturated rings. The summed E-state index contributed by atoms with van der Waals surface area (Å²) in [7, 11) is 0. The topological polar surface area (TPSA) is 61.2 Å². The number of hydrogen-bond donors (Lipinski definition) is 0. The predicted molar refractivity (Wildman–Crippen MR) is 98.7 cm³/mol. The number of benzene rings is 2. The summed E-state index contributed by atoms with van der Waals surface area (Å²) in [4.78, 5) is 24.7. The van der Waals surface area contributed by atoms with Crippen LogP contribution in [0.5, 0.6) is 0 Å². The summed E-state index contributed by atoms with van der Waals surface area (Å²) in [5.74, 6) is -0.746. The van der Waals surface area contributed by atoms with E-state index in [1.807, 2.05) is 32.0 Å². The van der Waals surface area contributed by atoms with Crippen LogP contribution in [0, 0.1) is 13.8 Å². The number of aryl methyl sites for hydroxylation is 2. The zero-order valence-electron chi connectivity index (χ0n) is 15.0. The quantitative estimate of drug-likeness (QED) is 0.518. The van der Waals surface area contributed by atoms with Gasteiger partial charge < -0.3 is 4.74 Å². The number of carbonyl (C=O) groups excluding carboxylic acids is 2. The van der Waals surface area contributed by atoms with E-state index in [9.17, 15) is 9.59 Å². The fourth-order valence-corrected chi connectivity index (χ4v) is 2.61. The third-order valence-corrected chi connectivity index (χ3v) is 4.17. The predicted octanol–water partition coefficient (Wildman–Crippen LogP) is 3.92. The Labute approximate surface area is 152 Å². The summed E-state index contributed by atoms with van der Waals surface area (Å²) in [6, 6.07) is 16.0. The van der Waals surface area contributed by atoms with Gasteiger partial charge in [0.15, 0.2) is 6.10 Å². The average Bonchev–Trinajstić information content (AvgIpc) is 3.07. The highest BCUT2D eigenvalue weighted by Crippen LogP contribution is 2.14. The van der Waals surface area contributed by atoms with Gasteiger partial charge in [0.2, 0.25) is 5.78 Å². The van der Waals surface area contributed by atoms with Crippen molar-refractivity contribution in [3.05, 3.63) is 83.2 Å². The summed E-state index contributed by atoms with van der Waals surface area (Å²) < 4.78 is 7.10.